The maximum Gasteiger partial charge on any atom is 0.139 e. The number of halogens is 1. The zero-order valence-corrected chi connectivity index (χ0v) is 12.4. The third-order valence-electron chi connectivity index (χ3n) is 4.04. The Hall–Kier alpha value is -1.36. The quantitative estimate of drug-likeness (QED) is 0.761. The summed E-state index contributed by atoms with van der Waals surface area (Å²) >= 11 is 6.24. The molecule has 106 valence electrons. The molecule has 0 saturated carbocycles. The summed E-state index contributed by atoms with van der Waals surface area (Å²) in [6, 6.07) is 11.0. The molecule has 0 radical (unpaired) electrons. The Balaban J connectivity index is 1.78. The number of aromatic nitrogens is 1. The van der Waals surface area contributed by atoms with Crippen LogP contribution in [0.3, 0.4) is 0 Å². The van der Waals surface area contributed by atoms with E-state index in [1.807, 2.05) is 24.3 Å². The second kappa shape index (κ2) is 5.56. The lowest BCUT2D eigenvalue weighted by atomic mass is 9.97. The maximum atomic E-state index is 6.24. The standard InChI is InChI=1S/C15H19ClN4/c1-9-13(10(2)20-19-9)8-17-14-7-11-5-3-4-6-12(11)15(16)18-14/h3-7,9-10,13,19-20H,8H2,1-2H3,(H,17,18). The number of nitrogens with one attached hydrogen (secondary N) is 3. The molecular formula is C15H19ClN4. The van der Waals surface area contributed by atoms with E-state index in [1.54, 1.807) is 0 Å². The van der Waals surface area contributed by atoms with Crippen molar-refractivity contribution in [2.75, 3.05) is 11.9 Å². The molecule has 1 fully saturated rings. The molecule has 3 N–H and O–H groups in total. The van der Waals surface area contributed by atoms with E-state index in [0.29, 0.717) is 23.2 Å². The Labute approximate surface area is 123 Å². The number of hydrogen-bond acceptors (Lipinski definition) is 4. The lowest BCUT2D eigenvalue weighted by molar-refractivity contribution is 0.466. The zero-order valence-electron chi connectivity index (χ0n) is 11.7. The van der Waals surface area contributed by atoms with Crippen molar-refractivity contribution in [3.63, 3.8) is 0 Å². The molecular weight excluding hydrogens is 272 g/mol. The van der Waals surface area contributed by atoms with Crippen LogP contribution in [0.25, 0.3) is 10.8 Å². The van der Waals surface area contributed by atoms with E-state index in [0.717, 1.165) is 23.1 Å². The van der Waals surface area contributed by atoms with Gasteiger partial charge in [0.1, 0.15) is 11.0 Å². The molecule has 1 saturated heterocycles. The highest BCUT2D eigenvalue weighted by atomic mass is 35.5. The molecule has 0 bridgehead atoms. The molecule has 1 aromatic heterocycles. The van der Waals surface area contributed by atoms with Gasteiger partial charge in [0.05, 0.1) is 0 Å². The van der Waals surface area contributed by atoms with Crippen LogP contribution < -0.4 is 16.2 Å². The van der Waals surface area contributed by atoms with E-state index in [9.17, 15) is 0 Å². The molecule has 0 amide bonds. The minimum Gasteiger partial charge on any atom is -0.370 e. The topological polar surface area (TPSA) is 49.0 Å². The van der Waals surface area contributed by atoms with Gasteiger partial charge in [0.25, 0.3) is 0 Å². The molecule has 2 atom stereocenters. The van der Waals surface area contributed by atoms with Crippen LogP contribution in [0.4, 0.5) is 5.82 Å². The van der Waals surface area contributed by atoms with E-state index < -0.39 is 0 Å². The molecule has 2 heterocycles. The van der Waals surface area contributed by atoms with E-state index >= 15 is 0 Å². The number of anilines is 1. The molecule has 1 aliphatic rings. The second-order valence-corrected chi connectivity index (χ2v) is 5.79. The fourth-order valence-electron chi connectivity index (χ4n) is 2.73. The van der Waals surface area contributed by atoms with Crippen LogP contribution in [0.15, 0.2) is 30.3 Å². The molecule has 4 nitrogen and oxygen atoms in total. The van der Waals surface area contributed by atoms with Gasteiger partial charge in [0.15, 0.2) is 0 Å². The normalized spacial score (nSPS) is 26.1. The van der Waals surface area contributed by atoms with Crippen molar-refractivity contribution in [1.29, 1.82) is 0 Å². The summed E-state index contributed by atoms with van der Waals surface area (Å²) in [6.45, 7) is 5.23. The third-order valence-corrected chi connectivity index (χ3v) is 4.32. The van der Waals surface area contributed by atoms with Crippen LogP contribution in [0, 0.1) is 5.92 Å². The third kappa shape index (κ3) is 2.59. The molecule has 2 unspecified atom stereocenters. The summed E-state index contributed by atoms with van der Waals surface area (Å²) in [5.41, 5.74) is 6.52. The predicted molar refractivity (Wildman–Crippen MR) is 83.9 cm³/mol. The van der Waals surface area contributed by atoms with Gasteiger partial charge in [-0.3, -0.25) is 10.9 Å². The highest BCUT2D eigenvalue weighted by Gasteiger charge is 2.29. The van der Waals surface area contributed by atoms with Crippen molar-refractivity contribution in [1.82, 2.24) is 15.8 Å². The van der Waals surface area contributed by atoms with Crippen LogP contribution in [0.5, 0.6) is 0 Å². The summed E-state index contributed by atoms with van der Waals surface area (Å²) in [6.07, 6.45) is 0. The van der Waals surface area contributed by atoms with Crippen molar-refractivity contribution in [2.24, 2.45) is 5.92 Å². The lowest BCUT2D eigenvalue weighted by Gasteiger charge is -2.19. The molecule has 2 aromatic rings. The predicted octanol–water partition coefficient (Wildman–Crippen LogP) is 2.80. The van der Waals surface area contributed by atoms with Crippen LogP contribution in [-0.2, 0) is 0 Å². The second-order valence-electron chi connectivity index (χ2n) is 5.43. The van der Waals surface area contributed by atoms with E-state index in [1.165, 1.54) is 0 Å². The molecule has 20 heavy (non-hydrogen) atoms. The number of rotatable bonds is 3. The van der Waals surface area contributed by atoms with Crippen LogP contribution in [0.1, 0.15) is 13.8 Å². The van der Waals surface area contributed by atoms with Crippen LogP contribution in [-0.4, -0.2) is 23.6 Å². The first-order chi connectivity index (χ1) is 9.65. The largest absolute Gasteiger partial charge is 0.370 e. The van der Waals surface area contributed by atoms with Gasteiger partial charge in [0.2, 0.25) is 0 Å². The Bertz CT molecular complexity index is 606. The van der Waals surface area contributed by atoms with Gasteiger partial charge in [-0.2, -0.15) is 0 Å². The maximum absolute atomic E-state index is 6.24. The number of benzene rings is 1. The van der Waals surface area contributed by atoms with Gasteiger partial charge in [-0.15, -0.1) is 0 Å². The van der Waals surface area contributed by atoms with Gasteiger partial charge in [-0.05, 0) is 25.3 Å². The minimum atomic E-state index is 0.438. The van der Waals surface area contributed by atoms with Gasteiger partial charge >= 0.3 is 0 Å². The lowest BCUT2D eigenvalue weighted by Crippen LogP contribution is -2.30. The summed E-state index contributed by atoms with van der Waals surface area (Å²) in [7, 11) is 0. The summed E-state index contributed by atoms with van der Waals surface area (Å²) in [5, 5.41) is 6.06. The van der Waals surface area contributed by atoms with Crippen molar-refractivity contribution in [3.8, 4) is 0 Å². The average Bonchev–Trinajstić information content (AvgIpc) is 2.76. The number of fused-ring (bicyclic) bond motifs is 1. The minimum absolute atomic E-state index is 0.438. The fourth-order valence-corrected chi connectivity index (χ4v) is 3.00. The smallest absolute Gasteiger partial charge is 0.139 e. The van der Waals surface area contributed by atoms with Gasteiger partial charge in [0, 0.05) is 29.9 Å². The fraction of sp³-hybridized carbons (Fsp3) is 0.400. The molecule has 0 spiro atoms. The van der Waals surface area contributed by atoms with Gasteiger partial charge in [-0.25, -0.2) is 4.98 Å². The molecule has 5 heteroatoms. The molecule has 3 rings (SSSR count). The Morgan fingerprint density at radius 2 is 1.90 bits per heavy atom. The van der Waals surface area contributed by atoms with E-state index in [4.69, 9.17) is 11.6 Å². The van der Waals surface area contributed by atoms with Crippen molar-refractivity contribution in [2.45, 2.75) is 25.9 Å². The SMILES string of the molecule is CC1NNC(C)C1CNc1cc2ccccc2c(Cl)n1. The zero-order chi connectivity index (χ0) is 14.1. The molecule has 1 aromatic carbocycles. The van der Waals surface area contributed by atoms with Crippen LogP contribution in [0.2, 0.25) is 5.15 Å². The van der Waals surface area contributed by atoms with Crippen molar-refractivity contribution < 1.29 is 0 Å². The Morgan fingerprint density at radius 1 is 1.20 bits per heavy atom. The summed E-state index contributed by atoms with van der Waals surface area (Å²) < 4.78 is 0. The van der Waals surface area contributed by atoms with Crippen molar-refractivity contribution >= 4 is 28.2 Å². The summed E-state index contributed by atoms with van der Waals surface area (Å²) in [5.74, 6) is 1.35. The van der Waals surface area contributed by atoms with Gasteiger partial charge < -0.3 is 5.32 Å². The first kappa shape index (κ1) is 13.6. The highest BCUT2D eigenvalue weighted by molar-refractivity contribution is 6.34. The molecule has 1 aliphatic heterocycles. The first-order valence-electron chi connectivity index (χ1n) is 6.95. The monoisotopic (exact) mass is 290 g/mol. The van der Waals surface area contributed by atoms with Crippen LogP contribution >= 0.6 is 11.6 Å². The molecule has 0 aliphatic carbocycles. The first-order valence-corrected chi connectivity index (χ1v) is 7.33. The number of hydrogen-bond donors (Lipinski definition) is 3. The van der Waals surface area contributed by atoms with Gasteiger partial charge in [-0.1, -0.05) is 35.9 Å². The van der Waals surface area contributed by atoms with E-state index in [2.05, 4.69) is 41.1 Å². The number of pyridine rings is 1. The number of nitrogens with zero attached hydrogens (tertiary/aromatic N) is 1. The average molecular weight is 291 g/mol. The number of hydrazine groups is 1. The Morgan fingerprint density at radius 3 is 2.65 bits per heavy atom. The van der Waals surface area contributed by atoms with Crippen molar-refractivity contribution in [3.05, 3.63) is 35.5 Å². The Kier molecular flexibility index (Phi) is 3.78. The van der Waals surface area contributed by atoms with E-state index in [-0.39, 0.29) is 0 Å². The highest BCUT2D eigenvalue weighted by Crippen LogP contribution is 2.25. The summed E-state index contributed by atoms with van der Waals surface area (Å²) in [4.78, 5) is 4.43.